The number of amides is 2. The maximum atomic E-state index is 12.4. The first-order valence-corrected chi connectivity index (χ1v) is 9.96. The summed E-state index contributed by atoms with van der Waals surface area (Å²) < 4.78 is 42.7. The van der Waals surface area contributed by atoms with Gasteiger partial charge in [-0.3, -0.25) is 0 Å². The summed E-state index contributed by atoms with van der Waals surface area (Å²) in [5.41, 5.74) is 0.393. The molecular weight excluding hydrogens is 366 g/mol. The van der Waals surface area contributed by atoms with Crippen LogP contribution in [0.15, 0.2) is 4.42 Å². The van der Waals surface area contributed by atoms with Gasteiger partial charge in [-0.25, -0.2) is 13.2 Å². The predicted molar refractivity (Wildman–Crippen MR) is 83.2 cm³/mol. The number of hydrogen-bond donors (Lipinski definition) is 1. The molecule has 2 bridgehead atoms. The second-order valence-corrected chi connectivity index (χ2v) is 8.64. The normalized spacial score (nSPS) is 30.6. The number of carbonyl (C=O) groups excluding carboxylic acids is 1. The Labute approximate surface area is 151 Å². The van der Waals surface area contributed by atoms with Gasteiger partial charge in [0.15, 0.2) is 0 Å². The summed E-state index contributed by atoms with van der Waals surface area (Å²) in [5.74, 6) is 1.21. The topological polar surface area (TPSA) is 141 Å². The minimum Gasteiger partial charge on any atom is -0.724 e. The molecule has 5 rings (SSSR count). The predicted octanol–water partition coefficient (Wildman–Crippen LogP) is -0.0180. The van der Waals surface area contributed by atoms with Crippen molar-refractivity contribution in [2.24, 2.45) is 5.41 Å². The molecular formula is C14H19N5O6S. The van der Waals surface area contributed by atoms with Crippen LogP contribution in [0.1, 0.15) is 50.9 Å². The van der Waals surface area contributed by atoms with Gasteiger partial charge in [0.2, 0.25) is 22.2 Å². The van der Waals surface area contributed by atoms with Gasteiger partial charge in [-0.05, 0) is 31.1 Å². The van der Waals surface area contributed by atoms with E-state index in [0.717, 1.165) is 25.9 Å². The Kier molecular flexibility index (Phi) is 3.39. The molecule has 3 aliphatic heterocycles. The van der Waals surface area contributed by atoms with Crippen molar-refractivity contribution in [3.8, 4) is 0 Å². The monoisotopic (exact) mass is 385 g/mol. The molecule has 0 aromatic carbocycles. The highest BCUT2D eigenvalue weighted by Crippen LogP contribution is 2.53. The van der Waals surface area contributed by atoms with Crippen LogP contribution in [0, 0.1) is 5.41 Å². The van der Waals surface area contributed by atoms with Gasteiger partial charge in [-0.15, -0.1) is 10.2 Å². The largest absolute Gasteiger partial charge is 1.00 e. The molecule has 1 N–H and O–H groups in total. The first-order chi connectivity index (χ1) is 12.3. The minimum atomic E-state index is -5.00. The van der Waals surface area contributed by atoms with Crippen LogP contribution in [0.25, 0.3) is 0 Å². The highest BCUT2D eigenvalue weighted by atomic mass is 32.3. The smallest absolute Gasteiger partial charge is 0.724 e. The molecule has 1 aliphatic carbocycles. The summed E-state index contributed by atoms with van der Waals surface area (Å²) in [7, 11) is -5.00. The van der Waals surface area contributed by atoms with Gasteiger partial charge in [0.1, 0.15) is 6.04 Å². The zero-order valence-electron chi connectivity index (χ0n) is 14.8. The van der Waals surface area contributed by atoms with Crippen molar-refractivity contribution < 1.29 is 27.9 Å². The van der Waals surface area contributed by atoms with Gasteiger partial charge in [0, 0.05) is 25.6 Å². The Morgan fingerprint density at radius 1 is 1.27 bits per heavy atom. The average Bonchev–Trinajstić information content (AvgIpc) is 3.04. The van der Waals surface area contributed by atoms with E-state index in [1.54, 1.807) is 0 Å². The molecule has 142 valence electrons. The van der Waals surface area contributed by atoms with E-state index in [4.69, 9.17) is 4.42 Å². The highest BCUT2D eigenvalue weighted by molar-refractivity contribution is 7.80. The van der Waals surface area contributed by atoms with Crippen LogP contribution in [-0.2, 0) is 14.7 Å². The fourth-order valence-corrected chi connectivity index (χ4v) is 4.94. The molecule has 1 aromatic rings. The molecule has 3 saturated heterocycles. The first-order valence-electron chi connectivity index (χ1n) is 8.63. The fraction of sp³-hybridized carbons (Fsp3) is 0.786. The van der Waals surface area contributed by atoms with Crippen molar-refractivity contribution in [1.82, 2.24) is 25.5 Å². The van der Waals surface area contributed by atoms with E-state index in [1.165, 1.54) is 4.90 Å². The molecule has 11 nitrogen and oxygen atoms in total. The molecule has 2 atom stereocenters. The van der Waals surface area contributed by atoms with E-state index in [1.807, 2.05) is 0 Å². The first kappa shape index (κ1) is 16.4. The molecule has 4 aliphatic rings. The third-order valence-corrected chi connectivity index (χ3v) is 6.29. The van der Waals surface area contributed by atoms with Gasteiger partial charge in [0.05, 0.1) is 6.04 Å². The van der Waals surface area contributed by atoms with Crippen molar-refractivity contribution in [3.63, 3.8) is 0 Å². The van der Waals surface area contributed by atoms with E-state index in [0.29, 0.717) is 35.1 Å². The molecule has 26 heavy (non-hydrogen) atoms. The summed E-state index contributed by atoms with van der Waals surface area (Å²) >= 11 is 0. The lowest BCUT2D eigenvalue weighted by Crippen LogP contribution is -2.59. The summed E-state index contributed by atoms with van der Waals surface area (Å²) in [6.07, 6.45) is 3.08. The third kappa shape index (κ3) is 2.51. The van der Waals surface area contributed by atoms with E-state index < -0.39 is 28.5 Å². The SMILES string of the molecule is O=C1N2C[C@@H](CC[C@H]2c2nnc(C3CC4(CNC4)C3)o2)N1OS(=O)(=O)[O-].[H+]. The van der Waals surface area contributed by atoms with Crippen molar-refractivity contribution in [1.29, 1.82) is 0 Å². The molecule has 1 aromatic heterocycles. The van der Waals surface area contributed by atoms with Crippen molar-refractivity contribution in [2.75, 3.05) is 19.6 Å². The van der Waals surface area contributed by atoms with Crippen LogP contribution in [-0.4, -0.2) is 64.8 Å². The van der Waals surface area contributed by atoms with E-state index in [-0.39, 0.29) is 13.9 Å². The molecule has 1 saturated carbocycles. The average molecular weight is 385 g/mol. The van der Waals surface area contributed by atoms with E-state index >= 15 is 0 Å². The number of carbonyl (C=O) groups is 1. The van der Waals surface area contributed by atoms with Gasteiger partial charge >= 0.3 is 7.46 Å². The van der Waals surface area contributed by atoms with Gasteiger partial charge in [-0.1, -0.05) is 0 Å². The Morgan fingerprint density at radius 2 is 2.00 bits per heavy atom. The summed E-state index contributed by atoms with van der Waals surface area (Å²) in [5, 5.41) is 12.2. The van der Waals surface area contributed by atoms with Crippen molar-refractivity contribution in [3.05, 3.63) is 11.8 Å². The summed E-state index contributed by atoms with van der Waals surface area (Å²) in [6, 6.07) is -1.57. The highest BCUT2D eigenvalue weighted by Gasteiger charge is 2.52. The van der Waals surface area contributed by atoms with Crippen LogP contribution in [0.3, 0.4) is 0 Å². The number of urea groups is 1. The molecule has 0 unspecified atom stereocenters. The van der Waals surface area contributed by atoms with Crippen LogP contribution in [0.2, 0.25) is 0 Å². The second kappa shape index (κ2) is 5.38. The molecule has 0 radical (unpaired) electrons. The molecule has 4 fully saturated rings. The van der Waals surface area contributed by atoms with Gasteiger partial charge in [-0.2, -0.15) is 9.35 Å². The Morgan fingerprint density at radius 3 is 2.65 bits per heavy atom. The van der Waals surface area contributed by atoms with Gasteiger partial charge in [0.25, 0.3) is 0 Å². The van der Waals surface area contributed by atoms with E-state index in [2.05, 4.69) is 19.8 Å². The fourth-order valence-electron chi connectivity index (χ4n) is 4.56. The Bertz CT molecular complexity index is 850. The third-order valence-electron chi connectivity index (χ3n) is 5.94. The van der Waals surface area contributed by atoms with Crippen LogP contribution in [0.5, 0.6) is 0 Å². The van der Waals surface area contributed by atoms with Crippen molar-refractivity contribution >= 4 is 16.4 Å². The molecule has 2 amide bonds. The number of rotatable bonds is 4. The number of nitrogens with one attached hydrogen (secondary N) is 1. The van der Waals surface area contributed by atoms with Crippen molar-refractivity contribution in [2.45, 2.75) is 43.7 Å². The minimum absolute atomic E-state index is 0. The second-order valence-electron chi connectivity index (χ2n) is 7.68. The number of aromatic nitrogens is 2. The lowest BCUT2D eigenvalue weighted by Gasteiger charge is -2.53. The maximum Gasteiger partial charge on any atom is 1.00 e. The number of fused-ring (bicyclic) bond motifs is 2. The lowest BCUT2D eigenvalue weighted by molar-refractivity contribution is -0.0328. The summed E-state index contributed by atoms with van der Waals surface area (Å²) in [6.45, 7) is 2.33. The number of hydrogen-bond acceptors (Lipinski definition) is 9. The summed E-state index contributed by atoms with van der Waals surface area (Å²) in [4.78, 5) is 13.8. The number of piperidine rings is 1. The standard InChI is InChI=1S/C14H19N5O6S/c20-13-18-5-9(19(13)25-26(21,22)23)1-2-10(18)12-17-16-11(24-12)8-3-14(4-8)6-15-7-14/h8-10,15H,1-7H2,(H,21,22,23)/t9-,10+/m1/s1. The van der Waals surface area contributed by atoms with Crippen LogP contribution >= 0.6 is 0 Å². The lowest BCUT2D eigenvalue weighted by atomic mass is 9.58. The maximum absolute atomic E-state index is 12.4. The zero-order valence-corrected chi connectivity index (χ0v) is 14.6. The van der Waals surface area contributed by atoms with Crippen LogP contribution in [0.4, 0.5) is 4.79 Å². The van der Waals surface area contributed by atoms with E-state index in [9.17, 15) is 17.8 Å². The molecule has 12 heteroatoms. The zero-order chi connectivity index (χ0) is 18.1. The molecule has 4 heterocycles. The quantitative estimate of drug-likeness (QED) is 0.559. The van der Waals surface area contributed by atoms with Crippen LogP contribution < -0.4 is 5.32 Å². The number of hydroxylamine groups is 2. The van der Waals surface area contributed by atoms with Gasteiger partial charge < -0.3 is 19.2 Å². The molecule has 1 spiro atoms. The Balaban J connectivity index is 0.00000180. The number of nitrogens with zero attached hydrogens (tertiary/aromatic N) is 4. The Hall–Kier alpha value is -1.76.